The van der Waals surface area contributed by atoms with Gasteiger partial charge in [-0.25, -0.2) is 0 Å². The van der Waals surface area contributed by atoms with Crippen molar-refractivity contribution in [1.29, 1.82) is 0 Å². The molecule has 0 spiro atoms. The highest BCUT2D eigenvalue weighted by atomic mass is 32.1. The summed E-state index contributed by atoms with van der Waals surface area (Å²) in [6.45, 7) is 8.15. The molecule has 35 heavy (non-hydrogen) atoms. The van der Waals surface area contributed by atoms with Crippen molar-refractivity contribution >= 4 is 65.9 Å². The molecule has 0 saturated carbocycles. The predicted octanol–water partition coefficient (Wildman–Crippen LogP) is 7.45. The summed E-state index contributed by atoms with van der Waals surface area (Å²) in [5.74, 6) is 0. The van der Waals surface area contributed by atoms with E-state index in [2.05, 4.69) is 6.07 Å². The van der Waals surface area contributed by atoms with Crippen molar-refractivity contribution < 1.29 is 17.5 Å². The van der Waals surface area contributed by atoms with Crippen LogP contribution in [0, 0.1) is 0 Å². The van der Waals surface area contributed by atoms with Crippen LogP contribution in [0.1, 0.15) is 35.9 Å². The zero-order valence-electron chi connectivity index (χ0n) is 25.9. The number of hydrogen-bond acceptors (Lipinski definition) is 3. The second-order valence-electron chi connectivity index (χ2n) is 9.99. The molecule has 5 heteroatoms. The molecule has 1 saturated heterocycles. The van der Waals surface area contributed by atoms with Gasteiger partial charge in [-0.3, -0.25) is 0 Å². The van der Waals surface area contributed by atoms with Crippen LogP contribution in [0.15, 0.2) is 84.8 Å². The fraction of sp³-hybridized carbons (Fsp3) is 0.200. The highest BCUT2D eigenvalue weighted by Crippen LogP contribution is 2.40. The van der Waals surface area contributed by atoms with Gasteiger partial charge in [-0.1, -0.05) is 54.5 Å². The summed E-state index contributed by atoms with van der Waals surface area (Å²) >= 11 is 1.65. The van der Waals surface area contributed by atoms with E-state index in [1.165, 1.54) is 12.1 Å². The van der Waals surface area contributed by atoms with Crippen LogP contribution >= 0.6 is 11.3 Å². The van der Waals surface area contributed by atoms with E-state index in [-0.39, 0.29) is 47.0 Å². The topological polar surface area (TPSA) is 23.4 Å². The molecule has 1 aliphatic rings. The summed E-state index contributed by atoms with van der Waals surface area (Å²) in [6.07, 6.45) is 0. The van der Waals surface area contributed by atoms with E-state index in [1.54, 1.807) is 15.9 Å². The maximum atomic E-state index is 8.75. The van der Waals surface area contributed by atoms with Crippen LogP contribution in [0.5, 0.6) is 0 Å². The fourth-order valence-electron chi connectivity index (χ4n) is 4.88. The van der Waals surface area contributed by atoms with Crippen molar-refractivity contribution in [2.24, 2.45) is 0 Å². The number of benzene rings is 4. The van der Waals surface area contributed by atoms with E-state index < -0.39 is 18.3 Å². The zero-order valence-corrected chi connectivity index (χ0v) is 20.7. The molecule has 0 unspecified atom stereocenters. The third-order valence-electron chi connectivity index (χ3n) is 7.40. The summed E-state index contributed by atoms with van der Waals surface area (Å²) in [7, 11) is -0.505. The van der Waals surface area contributed by atoms with Gasteiger partial charge in [0.05, 0.1) is 30.5 Å². The van der Waals surface area contributed by atoms with Crippen molar-refractivity contribution in [2.45, 2.75) is 38.9 Å². The van der Waals surface area contributed by atoms with Crippen LogP contribution < -0.4 is 5.46 Å². The minimum Gasteiger partial charge on any atom is -0.399 e. The maximum Gasteiger partial charge on any atom is 0.496 e. The predicted molar refractivity (Wildman–Crippen MR) is 149 cm³/mol. The van der Waals surface area contributed by atoms with Gasteiger partial charge in [0.1, 0.15) is 0 Å². The van der Waals surface area contributed by atoms with Crippen molar-refractivity contribution in [3.05, 3.63) is 84.8 Å². The summed E-state index contributed by atoms with van der Waals surface area (Å²) in [6, 6.07) is 14.2. The Labute approximate surface area is 217 Å². The molecule has 6 aromatic rings. The number of hydrogen-bond donors (Lipinski definition) is 0. The lowest BCUT2D eigenvalue weighted by atomic mass is 9.78. The van der Waals surface area contributed by atoms with Gasteiger partial charge in [0, 0.05) is 42.1 Å². The van der Waals surface area contributed by atoms with Gasteiger partial charge >= 0.3 is 7.12 Å². The third kappa shape index (κ3) is 2.99. The first-order valence-corrected chi connectivity index (χ1v) is 12.5. The molecule has 1 fully saturated rings. The molecule has 0 bridgehead atoms. The van der Waals surface area contributed by atoms with Gasteiger partial charge in [-0.15, -0.1) is 11.3 Å². The molecule has 4 aromatic carbocycles. The number of rotatable bonds is 2. The summed E-state index contributed by atoms with van der Waals surface area (Å²) in [4.78, 5) is 0. The van der Waals surface area contributed by atoms with E-state index in [0.29, 0.717) is 16.7 Å². The first-order valence-electron chi connectivity index (χ1n) is 14.6. The molecule has 2 aromatic heterocycles. The number of thiophene rings is 1. The molecule has 0 N–H and O–H groups in total. The van der Waals surface area contributed by atoms with Crippen LogP contribution in [0.2, 0.25) is 0 Å². The first-order chi connectivity index (χ1) is 19.3. The van der Waals surface area contributed by atoms with Crippen LogP contribution in [0.25, 0.3) is 47.7 Å². The lowest BCUT2D eigenvalue weighted by molar-refractivity contribution is 0.00578. The Morgan fingerprint density at radius 3 is 2.09 bits per heavy atom. The Morgan fingerprint density at radius 1 is 0.771 bits per heavy atom. The molecule has 3 nitrogen and oxygen atoms in total. The number of para-hydroxylation sites is 2. The van der Waals surface area contributed by atoms with Gasteiger partial charge in [0.25, 0.3) is 0 Å². The largest absolute Gasteiger partial charge is 0.496 e. The van der Waals surface area contributed by atoms with Crippen LogP contribution in [0.3, 0.4) is 0 Å². The second-order valence-corrected chi connectivity index (χ2v) is 11.0. The molecular weight excluding hydrogens is 449 g/mol. The minimum absolute atomic E-state index is 0.0286. The van der Waals surface area contributed by atoms with E-state index in [9.17, 15) is 0 Å². The lowest BCUT2D eigenvalue weighted by Gasteiger charge is -2.32. The van der Waals surface area contributed by atoms with Gasteiger partial charge in [-0.2, -0.15) is 0 Å². The highest BCUT2D eigenvalue weighted by molar-refractivity contribution is 7.27. The molecule has 0 aliphatic carbocycles. The van der Waals surface area contributed by atoms with E-state index >= 15 is 0 Å². The number of aromatic nitrogens is 1. The van der Waals surface area contributed by atoms with Crippen LogP contribution in [-0.2, 0) is 9.31 Å². The normalized spacial score (nSPS) is 19.7. The summed E-state index contributed by atoms with van der Waals surface area (Å²) < 4.78 is 67.9. The van der Waals surface area contributed by atoms with Crippen LogP contribution in [0.4, 0.5) is 0 Å². The monoisotopic (exact) mass is 481 g/mol. The summed E-state index contributed by atoms with van der Waals surface area (Å²) in [5.41, 5.74) is 1.41. The molecular formula is C30H26BNO2S. The van der Waals surface area contributed by atoms with Crippen molar-refractivity contribution in [1.82, 2.24) is 4.57 Å². The van der Waals surface area contributed by atoms with Gasteiger partial charge in [-0.05, 0) is 58.0 Å². The van der Waals surface area contributed by atoms with Crippen molar-refractivity contribution in [3.63, 3.8) is 0 Å². The molecule has 0 radical (unpaired) electrons. The Kier molecular flexibility index (Phi) is 3.25. The van der Waals surface area contributed by atoms with E-state index in [0.717, 1.165) is 25.6 Å². The van der Waals surface area contributed by atoms with Gasteiger partial charge < -0.3 is 13.9 Å². The molecule has 172 valence electrons. The smallest absolute Gasteiger partial charge is 0.399 e. The van der Waals surface area contributed by atoms with Gasteiger partial charge in [0.15, 0.2) is 0 Å². The fourth-order valence-corrected chi connectivity index (χ4v) is 6.08. The molecule has 0 amide bonds. The minimum atomic E-state index is -0.505. The standard InChI is InChI=1S/C30H26BNO2S/c1-29(2)30(3,4)34-31(33-29)24-13-9-12-22-23-18-19(16-17-27(23)35-28(22)24)32-25-14-7-5-10-20(25)21-11-6-8-15-26(21)32/h5-18H,1-4H3/i5D,6D,10D,11D,14D,15D. The van der Waals surface area contributed by atoms with Crippen molar-refractivity contribution in [3.8, 4) is 5.69 Å². The maximum absolute atomic E-state index is 8.75. The third-order valence-corrected chi connectivity index (χ3v) is 8.64. The Hall–Kier alpha value is -3.12. The SMILES string of the molecule is [2H]c1cc([2H])c2c(c1[2H])c1c([2H])c([2H])cc([2H])c1n2-c1ccc2sc3c(B4OC(C)(C)C(C)(C)O4)cccc3c2c1. The Bertz CT molecular complexity index is 2010. The van der Waals surface area contributed by atoms with E-state index in [1.807, 2.05) is 58.0 Å². The average molecular weight is 481 g/mol. The number of fused-ring (bicyclic) bond motifs is 6. The first kappa shape index (κ1) is 15.8. The average Bonchev–Trinajstić information content (AvgIpc) is 3.53. The zero-order chi connectivity index (χ0) is 29.2. The Balaban J connectivity index is 1.52. The van der Waals surface area contributed by atoms with E-state index in [4.69, 9.17) is 17.5 Å². The van der Waals surface area contributed by atoms with Gasteiger partial charge in [0.2, 0.25) is 0 Å². The highest BCUT2D eigenvalue weighted by Gasteiger charge is 2.52. The van der Waals surface area contributed by atoms with Crippen LogP contribution in [-0.4, -0.2) is 22.9 Å². The molecule has 0 atom stereocenters. The molecule has 1 aliphatic heterocycles. The number of nitrogens with zero attached hydrogens (tertiary/aromatic N) is 1. The lowest BCUT2D eigenvalue weighted by Crippen LogP contribution is -2.41. The summed E-state index contributed by atoms with van der Waals surface area (Å²) in [5, 5.41) is 2.52. The second kappa shape index (κ2) is 7.20. The molecule has 7 rings (SSSR count). The molecule has 3 heterocycles. The van der Waals surface area contributed by atoms with Crippen molar-refractivity contribution in [2.75, 3.05) is 0 Å². The quantitative estimate of drug-likeness (QED) is 0.240. The Morgan fingerprint density at radius 2 is 1.43 bits per heavy atom.